The lowest BCUT2D eigenvalue weighted by Gasteiger charge is -2.38. The number of carbonyl (C=O) groups is 2. The Hall–Kier alpha value is -1.32. The average Bonchev–Trinajstić information content (AvgIpc) is 2.20. The Balaban J connectivity index is 3.10. The number of carbonyl (C=O) groups excluding carboxylic acids is 1. The summed E-state index contributed by atoms with van der Waals surface area (Å²) in [5.41, 5.74) is -1.07. The number of rotatable bonds is 2. The van der Waals surface area contributed by atoms with Crippen LogP contribution in [0, 0.1) is 17.3 Å². The van der Waals surface area contributed by atoms with Gasteiger partial charge in [0.05, 0.1) is 18.4 Å². The molecule has 0 aromatic rings. The molecule has 4 heteroatoms. The van der Waals surface area contributed by atoms with Gasteiger partial charge in [-0.15, -0.1) is 0 Å². The molecule has 0 fully saturated rings. The van der Waals surface area contributed by atoms with E-state index in [1.54, 1.807) is 13.8 Å². The topological polar surface area (TPSA) is 63.6 Å². The van der Waals surface area contributed by atoms with E-state index in [-0.39, 0.29) is 5.92 Å². The molecule has 1 aliphatic carbocycles. The number of carboxylic acids is 1. The summed E-state index contributed by atoms with van der Waals surface area (Å²) in [4.78, 5) is 22.8. The zero-order chi connectivity index (χ0) is 11.6. The molecule has 0 radical (unpaired) electrons. The van der Waals surface area contributed by atoms with E-state index in [2.05, 4.69) is 4.74 Å². The summed E-state index contributed by atoms with van der Waals surface area (Å²) in [6.07, 6.45) is 4.12. The monoisotopic (exact) mass is 212 g/mol. The fourth-order valence-electron chi connectivity index (χ4n) is 2.01. The van der Waals surface area contributed by atoms with Crippen molar-refractivity contribution in [2.24, 2.45) is 17.3 Å². The van der Waals surface area contributed by atoms with Gasteiger partial charge in [0.25, 0.3) is 0 Å². The summed E-state index contributed by atoms with van der Waals surface area (Å²) in [7, 11) is 1.29. The number of aliphatic carboxylic acids is 1. The molecule has 0 saturated carbocycles. The lowest BCUT2D eigenvalue weighted by molar-refractivity contribution is -0.166. The summed E-state index contributed by atoms with van der Waals surface area (Å²) in [5.74, 6) is -2.17. The van der Waals surface area contributed by atoms with Gasteiger partial charge in [-0.3, -0.25) is 9.59 Å². The third-order valence-electron chi connectivity index (χ3n) is 3.41. The number of ether oxygens (including phenoxy) is 1. The molecule has 1 rings (SSSR count). The van der Waals surface area contributed by atoms with E-state index < -0.39 is 23.3 Å². The van der Waals surface area contributed by atoms with Crippen LogP contribution < -0.4 is 0 Å². The van der Waals surface area contributed by atoms with Gasteiger partial charge < -0.3 is 9.84 Å². The molecule has 1 aliphatic rings. The number of methoxy groups -OCH3 is 1. The van der Waals surface area contributed by atoms with Crippen molar-refractivity contribution in [3.05, 3.63) is 12.2 Å². The highest BCUT2D eigenvalue weighted by molar-refractivity contribution is 5.85. The van der Waals surface area contributed by atoms with Crippen molar-refractivity contribution in [1.29, 1.82) is 0 Å². The van der Waals surface area contributed by atoms with Crippen LogP contribution in [0.2, 0.25) is 0 Å². The van der Waals surface area contributed by atoms with E-state index in [0.717, 1.165) is 0 Å². The second-order valence-corrected chi connectivity index (χ2v) is 4.12. The maximum absolute atomic E-state index is 11.5. The van der Waals surface area contributed by atoms with Crippen molar-refractivity contribution >= 4 is 11.9 Å². The number of hydrogen-bond acceptors (Lipinski definition) is 3. The van der Waals surface area contributed by atoms with Crippen LogP contribution in [0.1, 0.15) is 20.3 Å². The Labute approximate surface area is 88.9 Å². The molecule has 1 N–H and O–H groups in total. The molecule has 0 aliphatic heterocycles. The van der Waals surface area contributed by atoms with Crippen LogP contribution in [-0.2, 0) is 14.3 Å². The molecule has 3 atom stereocenters. The van der Waals surface area contributed by atoms with Crippen LogP contribution in [0.5, 0.6) is 0 Å². The third-order valence-corrected chi connectivity index (χ3v) is 3.41. The molecule has 84 valence electrons. The molecule has 4 nitrogen and oxygen atoms in total. The molecular formula is C11H16O4. The zero-order valence-electron chi connectivity index (χ0n) is 9.19. The maximum atomic E-state index is 11.5. The van der Waals surface area contributed by atoms with Crippen LogP contribution in [-0.4, -0.2) is 24.2 Å². The highest BCUT2D eigenvalue weighted by Crippen LogP contribution is 2.42. The van der Waals surface area contributed by atoms with Gasteiger partial charge >= 0.3 is 11.9 Å². The smallest absolute Gasteiger partial charge is 0.310 e. The Kier molecular flexibility index (Phi) is 3.17. The third kappa shape index (κ3) is 1.76. The number of carboxylic acid groups (broad SMARTS) is 1. The van der Waals surface area contributed by atoms with Crippen LogP contribution in [0.15, 0.2) is 12.2 Å². The van der Waals surface area contributed by atoms with Crippen LogP contribution in [0.3, 0.4) is 0 Å². The first-order valence-electron chi connectivity index (χ1n) is 4.92. The van der Waals surface area contributed by atoms with E-state index in [4.69, 9.17) is 0 Å². The van der Waals surface area contributed by atoms with Crippen molar-refractivity contribution in [3.8, 4) is 0 Å². The number of hydrogen-bond donors (Lipinski definition) is 1. The van der Waals surface area contributed by atoms with Gasteiger partial charge in [-0.25, -0.2) is 0 Å². The quantitative estimate of drug-likeness (QED) is 0.556. The Morgan fingerprint density at radius 3 is 2.60 bits per heavy atom. The summed E-state index contributed by atoms with van der Waals surface area (Å²) in [6.45, 7) is 3.41. The first-order chi connectivity index (χ1) is 6.94. The van der Waals surface area contributed by atoms with Crippen molar-refractivity contribution in [2.75, 3.05) is 7.11 Å². The Morgan fingerprint density at radius 2 is 2.13 bits per heavy atom. The van der Waals surface area contributed by atoms with E-state index in [0.29, 0.717) is 6.42 Å². The standard InChI is InChI=1S/C11H16O4/c1-7-5-4-6-8(9(12)15-3)11(7,2)10(13)14/h4-5,7-8H,6H2,1-3H3,(H,13,14)/t7-,8+,11-/m1/s1. The molecular weight excluding hydrogens is 196 g/mol. The molecule has 0 saturated heterocycles. The van der Waals surface area contributed by atoms with Gasteiger partial charge in [0, 0.05) is 0 Å². The fourth-order valence-corrected chi connectivity index (χ4v) is 2.01. The van der Waals surface area contributed by atoms with Gasteiger partial charge in [-0.1, -0.05) is 19.1 Å². The summed E-state index contributed by atoms with van der Waals surface area (Å²) in [6, 6.07) is 0. The predicted octanol–water partition coefficient (Wildman–Crippen LogP) is 1.46. The molecule has 0 aromatic carbocycles. The first kappa shape index (κ1) is 11.8. The molecule has 0 heterocycles. The van der Waals surface area contributed by atoms with Crippen molar-refractivity contribution in [3.63, 3.8) is 0 Å². The molecule has 0 amide bonds. The fraction of sp³-hybridized carbons (Fsp3) is 0.636. The van der Waals surface area contributed by atoms with Gasteiger partial charge in [-0.2, -0.15) is 0 Å². The summed E-state index contributed by atoms with van der Waals surface area (Å²) in [5, 5.41) is 9.24. The molecule has 0 unspecified atom stereocenters. The minimum Gasteiger partial charge on any atom is -0.481 e. The first-order valence-corrected chi connectivity index (χ1v) is 4.92. The maximum Gasteiger partial charge on any atom is 0.310 e. The molecule has 15 heavy (non-hydrogen) atoms. The van der Waals surface area contributed by atoms with Gasteiger partial charge in [0.15, 0.2) is 0 Å². The minimum atomic E-state index is -1.07. The largest absolute Gasteiger partial charge is 0.481 e. The van der Waals surface area contributed by atoms with Crippen LogP contribution >= 0.6 is 0 Å². The molecule has 0 aromatic heterocycles. The second-order valence-electron chi connectivity index (χ2n) is 4.12. The highest BCUT2D eigenvalue weighted by atomic mass is 16.5. The van der Waals surface area contributed by atoms with Gasteiger partial charge in [0.1, 0.15) is 0 Å². The van der Waals surface area contributed by atoms with Crippen LogP contribution in [0.4, 0.5) is 0 Å². The van der Waals surface area contributed by atoms with E-state index >= 15 is 0 Å². The van der Waals surface area contributed by atoms with E-state index in [1.165, 1.54) is 7.11 Å². The molecule has 0 spiro atoms. The molecule has 0 bridgehead atoms. The normalized spacial score (nSPS) is 34.9. The minimum absolute atomic E-state index is 0.173. The van der Waals surface area contributed by atoms with Crippen molar-refractivity contribution in [2.45, 2.75) is 20.3 Å². The van der Waals surface area contributed by atoms with Crippen molar-refractivity contribution in [1.82, 2.24) is 0 Å². The number of esters is 1. The Morgan fingerprint density at radius 1 is 1.53 bits per heavy atom. The van der Waals surface area contributed by atoms with Gasteiger partial charge in [-0.05, 0) is 19.3 Å². The van der Waals surface area contributed by atoms with E-state index in [9.17, 15) is 14.7 Å². The average molecular weight is 212 g/mol. The van der Waals surface area contributed by atoms with E-state index in [1.807, 2.05) is 12.2 Å². The number of allylic oxidation sites excluding steroid dienone is 2. The lowest BCUT2D eigenvalue weighted by Crippen LogP contribution is -2.46. The lowest BCUT2D eigenvalue weighted by atomic mass is 9.64. The SMILES string of the molecule is COC(=O)[C@@H]1CC=C[C@@H](C)[C@@]1(C)C(=O)O. The zero-order valence-corrected chi connectivity index (χ0v) is 9.19. The Bertz CT molecular complexity index is 308. The predicted molar refractivity (Wildman–Crippen MR) is 54.2 cm³/mol. The van der Waals surface area contributed by atoms with Crippen LogP contribution in [0.25, 0.3) is 0 Å². The second kappa shape index (κ2) is 4.04. The summed E-state index contributed by atoms with van der Waals surface area (Å²) >= 11 is 0. The highest BCUT2D eigenvalue weighted by Gasteiger charge is 2.50. The van der Waals surface area contributed by atoms with Crippen molar-refractivity contribution < 1.29 is 19.4 Å². The summed E-state index contributed by atoms with van der Waals surface area (Å²) < 4.78 is 4.65. The van der Waals surface area contributed by atoms with Gasteiger partial charge in [0.2, 0.25) is 0 Å².